The molecule has 0 unspecified atom stereocenters. The van der Waals surface area contributed by atoms with Gasteiger partial charge < -0.3 is 10.2 Å². The van der Waals surface area contributed by atoms with Crippen LogP contribution in [0.4, 0.5) is 0 Å². The van der Waals surface area contributed by atoms with Gasteiger partial charge in [0.2, 0.25) is 0 Å². The molecular formula is C20H24N2O4. The van der Waals surface area contributed by atoms with E-state index < -0.39 is 0 Å². The first kappa shape index (κ1) is 19.3. The number of hydrogen-bond donors (Lipinski definition) is 2. The molecule has 6 heteroatoms. The molecule has 6 nitrogen and oxygen atoms in total. The highest BCUT2D eigenvalue weighted by molar-refractivity contribution is 5.99. The van der Waals surface area contributed by atoms with Gasteiger partial charge in [0, 0.05) is 24.2 Å². The number of phenols is 2. The summed E-state index contributed by atoms with van der Waals surface area (Å²) in [7, 11) is 0. The van der Waals surface area contributed by atoms with Gasteiger partial charge in [0.15, 0.2) is 0 Å². The zero-order chi connectivity index (χ0) is 19.1. The molecule has 138 valence electrons. The van der Waals surface area contributed by atoms with Gasteiger partial charge in [0.05, 0.1) is 0 Å². The van der Waals surface area contributed by atoms with E-state index in [1.807, 2.05) is 13.8 Å². The quantitative estimate of drug-likeness (QED) is 0.777. The Morgan fingerprint density at radius 3 is 1.27 bits per heavy atom. The number of hydrogen-bond acceptors (Lipinski definition) is 4. The minimum Gasteiger partial charge on any atom is -0.508 e. The van der Waals surface area contributed by atoms with Crippen molar-refractivity contribution in [2.45, 2.75) is 26.7 Å². The number of phenolic OH excluding ortho intramolecular Hbond substituents is 2. The number of nitrogens with zero attached hydrogens (tertiary/aromatic N) is 2. The Labute approximate surface area is 153 Å². The van der Waals surface area contributed by atoms with E-state index in [2.05, 4.69) is 0 Å². The first-order chi connectivity index (χ1) is 12.5. The maximum Gasteiger partial charge on any atom is 0.272 e. The second kappa shape index (κ2) is 8.89. The van der Waals surface area contributed by atoms with E-state index in [4.69, 9.17) is 0 Å². The van der Waals surface area contributed by atoms with Crippen LogP contribution in [0.5, 0.6) is 11.5 Å². The summed E-state index contributed by atoms with van der Waals surface area (Å²) in [5.41, 5.74) is 0.798. The average Bonchev–Trinajstić information content (AvgIpc) is 2.65. The Morgan fingerprint density at radius 2 is 1.00 bits per heavy atom. The van der Waals surface area contributed by atoms with Gasteiger partial charge in [-0.3, -0.25) is 9.59 Å². The lowest BCUT2D eigenvalue weighted by atomic mass is 10.1. The molecule has 0 aliphatic rings. The number of benzene rings is 2. The lowest BCUT2D eigenvalue weighted by Gasteiger charge is -2.35. The summed E-state index contributed by atoms with van der Waals surface area (Å²) >= 11 is 0. The largest absolute Gasteiger partial charge is 0.508 e. The van der Waals surface area contributed by atoms with Crippen LogP contribution in [0.3, 0.4) is 0 Å². The van der Waals surface area contributed by atoms with Crippen molar-refractivity contribution in [1.29, 1.82) is 0 Å². The van der Waals surface area contributed by atoms with Crippen molar-refractivity contribution in [1.82, 2.24) is 10.0 Å². The van der Waals surface area contributed by atoms with Crippen molar-refractivity contribution in [2.24, 2.45) is 0 Å². The Bertz CT molecular complexity index is 676. The van der Waals surface area contributed by atoms with Crippen molar-refractivity contribution >= 4 is 11.8 Å². The van der Waals surface area contributed by atoms with Crippen LogP contribution in [0.1, 0.15) is 47.4 Å². The topological polar surface area (TPSA) is 81.1 Å². The highest BCUT2D eigenvalue weighted by Crippen LogP contribution is 2.17. The van der Waals surface area contributed by atoms with Crippen LogP contribution in [-0.4, -0.2) is 45.1 Å². The van der Waals surface area contributed by atoms with Gasteiger partial charge in [0.25, 0.3) is 11.8 Å². The van der Waals surface area contributed by atoms with Gasteiger partial charge in [-0.2, -0.15) is 0 Å². The molecule has 0 radical (unpaired) electrons. The Balaban J connectivity index is 2.34. The molecule has 0 aliphatic heterocycles. The summed E-state index contributed by atoms with van der Waals surface area (Å²) in [5.74, 6) is -0.441. The van der Waals surface area contributed by atoms with Gasteiger partial charge >= 0.3 is 0 Å². The Kier molecular flexibility index (Phi) is 6.60. The molecule has 0 atom stereocenters. The first-order valence-electron chi connectivity index (χ1n) is 8.69. The zero-order valence-electron chi connectivity index (χ0n) is 15.1. The van der Waals surface area contributed by atoms with Crippen molar-refractivity contribution in [3.63, 3.8) is 0 Å². The van der Waals surface area contributed by atoms with Crippen molar-refractivity contribution in [2.75, 3.05) is 13.1 Å². The zero-order valence-corrected chi connectivity index (χ0v) is 15.1. The number of rotatable bonds is 6. The smallest absolute Gasteiger partial charge is 0.272 e. The molecule has 26 heavy (non-hydrogen) atoms. The van der Waals surface area contributed by atoms with Crippen LogP contribution in [0.15, 0.2) is 48.5 Å². The molecule has 2 aromatic carbocycles. The van der Waals surface area contributed by atoms with Crippen LogP contribution in [0.25, 0.3) is 0 Å². The molecule has 2 rings (SSSR count). The number of aromatic hydroxyl groups is 2. The third-order valence-corrected chi connectivity index (χ3v) is 3.86. The predicted molar refractivity (Wildman–Crippen MR) is 98.9 cm³/mol. The highest BCUT2D eigenvalue weighted by atomic mass is 16.3. The van der Waals surface area contributed by atoms with E-state index >= 15 is 0 Å². The van der Waals surface area contributed by atoms with Crippen LogP contribution in [0, 0.1) is 0 Å². The number of amides is 2. The molecule has 0 saturated carbocycles. The van der Waals surface area contributed by atoms with E-state index in [-0.39, 0.29) is 23.3 Å². The van der Waals surface area contributed by atoms with E-state index in [1.165, 1.54) is 58.5 Å². The fraction of sp³-hybridized carbons (Fsp3) is 0.300. The second-order valence-corrected chi connectivity index (χ2v) is 5.95. The van der Waals surface area contributed by atoms with E-state index in [1.54, 1.807) is 0 Å². The normalized spacial score (nSPS) is 10.4. The van der Waals surface area contributed by atoms with Gasteiger partial charge in [-0.1, -0.05) is 13.8 Å². The number of carbonyl (C=O) groups excluding carboxylic acids is 2. The van der Waals surface area contributed by atoms with Crippen LogP contribution in [0.2, 0.25) is 0 Å². The lowest BCUT2D eigenvalue weighted by molar-refractivity contribution is -0.00367. The molecular weight excluding hydrogens is 332 g/mol. The van der Waals surface area contributed by atoms with Crippen LogP contribution >= 0.6 is 0 Å². The van der Waals surface area contributed by atoms with Crippen molar-refractivity contribution in [3.8, 4) is 11.5 Å². The molecule has 0 bridgehead atoms. The van der Waals surface area contributed by atoms with Gasteiger partial charge in [-0.15, -0.1) is 0 Å². The Hall–Kier alpha value is -3.02. The standard InChI is InChI=1S/C20H24N2O4/c1-3-13-21(19(25)15-5-9-17(23)10-6-15)22(14-4-2)20(26)16-7-11-18(24)12-8-16/h5-12,23-24H,3-4,13-14H2,1-2H3. The number of carbonyl (C=O) groups is 2. The first-order valence-corrected chi connectivity index (χ1v) is 8.69. The predicted octanol–water partition coefficient (Wildman–Crippen LogP) is 3.42. The van der Waals surface area contributed by atoms with Crippen LogP contribution in [-0.2, 0) is 0 Å². The molecule has 0 aromatic heterocycles. The fourth-order valence-corrected chi connectivity index (χ4v) is 2.59. The summed E-state index contributed by atoms with van der Waals surface area (Å²) in [4.78, 5) is 25.9. The molecule has 0 heterocycles. The average molecular weight is 356 g/mol. The van der Waals surface area contributed by atoms with E-state index in [0.717, 1.165) is 0 Å². The summed E-state index contributed by atoms with van der Waals surface area (Å²) in [6, 6.07) is 11.9. The molecule has 2 aromatic rings. The van der Waals surface area contributed by atoms with Gasteiger partial charge in [-0.05, 0) is 61.4 Å². The SMILES string of the molecule is CCCN(C(=O)c1ccc(O)cc1)N(CCC)C(=O)c1ccc(O)cc1. The molecule has 2 amide bonds. The summed E-state index contributed by atoms with van der Waals surface area (Å²) in [5, 5.41) is 21.7. The lowest BCUT2D eigenvalue weighted by Crippen LogP contribution is -2.50. The van der Waals surface area contributed by atoms with Crippen LogP contribution < -0.4 is 0 Å². The summed E-state index contributed by atoms with van der Waals surface area (Å²) in [6.45, 7) is 4.66. The molecule has 0 spiro atoms. The molecule has 2 N–H and O–H groups in total. The summed E-state index contributed by atoms with van der Waals surface area (Å²) in [6.07, 6.45) is 1.37. The highest BCUT2D eigenvalue weighted by Gasteiger charge is 2.26. The number of hydrazine groups is 1. The molecule has 0 fully saturated rings. The minimum absolute atomic E-state index is 0.0779. The van der Waals surface area contributed by atoms with E-state index in [0.29, 0.717) is 37.1 Å². The second-order valence-electron chi connectivity index (χ2n) is 5.95. The summed E-state index contributed by atoms with van der Waals surface area (Å²) < 4.78 is 0. The maximum atomic E-state index is 13.0. The van der Waals surface area contributed by atoms with Gasteiger partial charge in [0.1, 0.15) is 11.5 Å². The van der Waals surface area contributed by atoms with Crippen molar-refractivity contribution in [3.05, 3.63) is 59.7 Å². The molecule has 0 saturated heterocycles. The minimum atomic E-state index is -0.299. The van der Waals surface area contributed by atoms with Gasteiger partial charge in [-0.25, -0.2) is 10.0 Å². The molecule has 0 aliphatic carbocycles. The third-order valence-electron chi connectivity index (χ3n) is 3.86. The monoisotopic (exact) mass is 356 g/mol. The fourth-order valence-electron chi connectivity index (χ4n) is 2.59. The third kappa shape index (κ3) is 4.53. The van der Waals surface area contributed by atoms with Crippen molar-refractivity contribution < 1.29 is 19.8 Å². The Morgan fingerprint density at radius 1 is 0.692 bits per heavy atom. The van der Waals surface area contributed by atoms with E-state index in [9.17, 15) is 19.8 Å². The maximum absolute atomic E-state index is 13.0.